The minimum atomic E-state index is -0.438. The molecule has 0 unspecified atom stereocenters. The lowest BCUT2D eigenvalue weighted by atomic mass is 10.2. The second-order valence-corrected chi connectivity index (χ2v) is 8.22. The third kappa shape index (κ3) is 5.52. The molecule has 34 heavy (non-hydrogen) atoms. The van der Waals surface area contributed by atoms with E-state index in [1.165, 1.54) is 33.1 Å². The van der Waals surface area contributed by atoms with Gasteiger partial charge >= 0.3 is 5.97 Å². The summed E-state index contributed by atoms with van der Waals surface area (Å²) < 4.78 is 20.0. The number of ether oxygens (including phenoxy) is 1. The van der Waals surface area contributed by atoms with Crippen LogP contribution >= 0.6 is 11.3 Å². The van der Waals surface area contributed by atoms with E-state index in [-0.39, 0.29) is 37.8 Å². The minimum Gasteiger partial charge on any atom is -0.466 e. The Bertz CT molecular complexity index is 1240. The van der Waals surface area contributed by atoms with Crippen LogP contribution in [0.2, 0.25) is 0 Å². The number of hydrogen-bond donors (Lipinski definition) is 0. The van der Waals surface area contributed by atoms with Crippen LogP contribution in [0, 0.1) is 5.82 Å². The van der Waals surface area contributed by atoms with Crippen LogP contribution in [0.15, 0.2) is 66.3 Å². The van der Waals surface area contributed by atoms with Crippen molar-refractivity contribution < 1.29 is 18.7 Å². The van der Waals surface area contributed by atoms with Gasteiger partial charge in [0.25, 0.3) is 5.91 Å². The third-order valence-electron chi connectivity index (χ3n) is 4.89. The van der Waals surface area contributed by atoms with Gasteiger partial charge in [0.2, 0.25) is 5.82 Å². The summed E-state index contributed by atoms with van der Waals surface area (Å²) in [4.78, 5) is 36.4. The summed E-state index contributed by atoms with van der Waals surface area (Å²) in [5.74, 6) is -0.765. The van der Waals surface area contributed by atoms with Gasteiger partial charge in [-0.1, -0.05) is 12.1 Å². The van der Waals surface area contributed by atoms with Crippen LogP contribution in [0.4, 0.5) is 4.39 Å². The maximum Gasteiger partial charge on any atom is 0.307 e. The van der Waals surface area contributed by atoms with Crippen LogP contribution in [0.1, 0.15) is 29.5 Å². The van der Waals surface area contributed by atoms with E-state index in [4.69, 9.17) is 4.74 Å². The highest BCUT2D eigenvalue weighted by Crippen LogP contribution is 2.26. The Hall–Kier alpha value is -3.92. The van der Waals surface area contributed by atoms with Crippen molar-refractivity contribution in [3.05, 3.63) is 83.5 Å². The molecule has 4 aromatic rings. The van der Waals surface area contributed by atoms with Gasteiger partial charge in [-0.15, -0.1) is 16.4 Å². The first-order chi connectivity index (χ1) is 16.5. The van der Waals surface area contributed by atoms with Crippen LogP contribution in [-0.4, -0.2) is 49.7 Å². The molecule has 0 saturated carbocycles. The van der Waals surface area contributed by atoms with E-state index in [0.29, 0.717) is 11.5 Å². The van der Waals surface area contributed by atoms with Gasteiger partial charge < -0.3 is 9.64 Å². The number of esters is 1. The summed E-state index contributed by atoms with van der Waals surface area (Å²) in [6.45, 7) is 2.36. The SMILES string of the molecule is CCOC(=O)CCN(Cc1cccnc1)C(=O)c1nc(-c2cccs2)n(-c2ccc(F)cc2)n1. The Labute approximate surface area is 199 Å². The topological polar surface area (TPSA) is 90.2 Å². The standard InChI is InChI=1S/C24H22FN5O3S/c1-2-33-21(31)11-13-29(16-17-5-3-12-26-15-17)24(32)22-27-23(20-6-4-14-34-20)30(28-22)19-9-7-18(25)8-10-19/h3-10,12,14-15H,2,11,13,16H2,1H3. The lowest BCUT2D eigenvalue weighted by Gasteiger charge is -2.21. The second kappa shape index (κ2) is 10.8. The number of thiophene rings is 1. The molecule has 3 heterocycles. The lowest BCUT2D eigenvalue weighted by molar-refractivity contribution is -0.143. The molecule has 1 aromatic carbocycles. The van der Waals surface area contributed by atoms with Crippen LogP contribution in [0.25, 0.3) is 16.4 Å². The first-order valence-electron chi connectivity index (χ1n) is 10.7. The van der Waals surface area contributed by atoms with Crippen molar-refractivity contribution in [3.8, 4) is 16.4 Å². The van der Waals surface area contributed by atoms with E-state index in [9.17, 15) is 14.0 Å². The van der Waals surface area contributed by atoms with Gasteiger partial charge in [-0.25, -0.2) is 14.1 Å². The highest BCUT2D eigenvalue weighted by molar-refractivity contribution is 7.13. The normalized spacial score (nSPS) is 10.8. The molecule has 174 valence electrons. The first kappa shape index (κ1) is 23.2. The van der Waals surface area contributed by atoms with Gasteiger partial charge in [0.15, 0.2) is 5.82 Å². The van der Waals surface area contributed by atoms with Crippen molar-refractivity contribution >= 4 is 23.2 Å². The Balaban J connectivity index is 1.67. The van der Waals surface area contributed by atoms with Gasteiger partial charge in [-0.2, -0.15) is 0 Å². The predicted octanol–water partition coefficient (Wildman–Crippen LogP) is 4.13. The number of carbonyl (C=O) groups excluding carboxylic acids is 2. The molecule has 4 rings (SSSR count). The van der Waals surface area contributed by atoms with E-state index in [1.807, 2.05) is 23.6 Å². The fraction of sp³-hybridized carbons (Fsp3) is 0.208. The van der Waals surface area contributed by atoms with Gasteiger partial charge in [0.05, 0.1) is 23.6 Å². The maximum atomic E-state index is 13.5. The molecule has 0 spiro atoms. The molecule has 8 nitrogen and oxygen atoms in total. The molecule has 0 N–H and O–H groups in total. The average molecular weight is 480 g/mol. The number of hydrogen-bond acceptors (Lipinski definition) is 7. The lowest BCUT2D eigenvalue weighted by Crippen LogP contribution is -2.33. The van der Waals surface area contributed by atoms with Gasteiger partial charge in [0, 0.05) is 25.5 Å². The highest BCUT2D eigenvalue weighted by atomic mass is 32.1. The van der Waals surface area contributed by atoms with E-state index in [2.05, 4.69) is 15.1 Å². The predicted molar refractivity (Wildman–Crippen MR) is 125 cm³/mol. The zero-order valence-corrected chi connectivity index (χ0v) is 19.2. The molecular weight excluding hydrogens is 457 g/mol. The van der Waals surface area contributed by atoms with Crippen molar-refractivity contribution in [3.63, 3.8) is 0 Å². The monoisotopic (exact) mass is 479 g/mol. The third-order valence-corrected chi connectivity index (χ3v) is 5.75. The fourth-order valence-corrected chi connectivity index (χ4v) is 3.99. The Morgan fingerprint density at radius 1 is 1.15 bits per heavy atom. The van der Waals surface area contributed by atoms with E-state index >= 15 is 0 Å². The number of aromatic nitrogens is 4. The molecule has 0 bridgehead atoms. The van der Waals surface area contributed by atoms with E-state index < -0.39 is 11.9 Å². The van der Waals surface area contributed by atoms with E-state index in [1.54, 1.807) is 37.5 Å². The van der Waals surface area contributed by atoms with Gasteiger partial charge in [0.1, 0.15) is 5.82 Å². The van der Waals surface area contributed by atoms with Crippen molar-refractivity contribution in [2.24, 2.45) is 0 Å². The Kier molecular flexibility index (Phi) is 7.38. The number of nitrogens with zero attached hydrogens (tertiary/aromatic N) is 5. The molecule has 0 saturated heterocycles. The number of halogens is 1. The molecule has 0 aliphatic rings. The Morgan fingerprint density at radius 3 is 2.65 bits per heavy atom. The van der Waals surface area contributed by atoms with Crippen molar-refractivity contribution in [2.75, 3.05) is 13.2 Å². The molecule has 0 atom stereocenters. The summed E-state index contributed by atoms with van der Waals surface area (Å²) in [7, 11) is 0. The van der Waals surface area contributed by atoms with Crippen molar-refractivity contribution in [1.29, 1.82) is 0 Å². The van der Waals surface area contributed by atoms with Gasteiger partial charge in [-0.05, 0) is 54.3 Å². The number of pyridine rings is 1. The zero-order valence-electron chi connectivity index (χ0n) is 18.4. The highest BCUT2D eigenvalue weighted by Gasteiger charge is 2.25. The number of amides is 1. The average Bonchev–Trinajstić information content (AvgIpc) is 3.53. The maximum absolute atomic E-state index is 13.5. The molecule has 0 radical (unpaired) electrons. The van der Waals surface area contributed by atoms with Crippen molar-refractivity contribution in [1.82, 2.24) is 24.6 Å². The van der Waals surface area contributed by atoms with Gasteiger partial charge in [-0.3, -0.25) is 14.6 Å². The van der Waals surface area contributed by atoms with Crippen LogP contribution in [-0.2, 0) is 16.1 Å². The summed E-state index contributed by atoms with van der Waals surface area (Å²) in [6, 6.07) is 13.2. The summed E-state index contributed by atoms with van der Waals surface area (Å²) in [6.07, 6.45) is 3.34. The minimum absolute atomic E-state index is 0.0273. The summed E-state index contributed by atoms with van der Waals surface area (Å²) in [5, 5.41) is 6.36. The second-order valence-electron chi connectivity index (χ2n) is 7.27. The zero-order chi connectivity index (χ0) is 23.9. The number of benzene rings is 1. The summed E-state index contributed by atoms with van der Waals surface area (Å²) in [5.41, 5.74) is 1.37. The number of rotatable bonds is 9. The van der Waals surface area contributed by atoms with E-state index in [0.717, 1.165) is 10.4 Å². The molecule has 10 heteroatoms. The largest absolute Gasteiger partial charge is 0.466 e. The quantitative estimate of drug-likeness (QED) is 0.336. The van der Waals surface area contributed by atoms with Crippen molar-refractivity contribution in [2.45, 2.75) is 19.9 Å². The molecular formula is C24H22FN5O3S. The van der Waals surface area contributed by atoms with Crippen LogP contribution in [0.5, 0.6) is 0 Å². The Morgan fingerprint density at radius 2 is 1.97 bits per heavy atom. The molecule has 3 aromatic heterocycles. The molecule has 0 fully saturated rings. The summed E-state index contributed by atoms with van der Waals surface area (Å²) >= 11 is 1.45. The smallest absolute Gasteiger partial charge is 0.307 e. The molecule has 0 aliphatic carbocycles. The molecule has 1 amide bonds. The van der Waals surface area contributed by atoms with Crippen LogP contribution in [0.3, 0.4) is 0 Å². The van der Waals surface area contributed by atoms with Crippen LogP contribution < -0.4 is 0 Å². The first-order valence-corrected chi connectivity index (χ1v) is 11.5. The fourth-order valence-electron chi connectivity index (χ4n) is 3.30. The number of carbonyl (C=O) groups is 2. The molecule has 0 aliphatic heterocycles.